The van der Waals surface area contributed by atoms with Crippen LogP contribution in [0.2, 0.25) is 0 Å². The smallest absolute Gasteiger partial charge is 0.247 e. The van der Waals surface area contributed by atoms with Crippen LogP contribution in [-0.4, -0.2) is 53.1 Å². The van der Waals surface area contributed by atoms with Crippen molar-refractivity contribution in [2.75, 3.05) is 36.1 Å². The molecule has 2 aromatic carbocycles. The van der Waals surface area contributed by atoms with E-state index in [0.29, 0.717) is 43.3 Å². The summed E-state index contributed by atoms with van der Waals surface area (Å²) < 4.78 is 40.4. The number of hydrogen-bond acceptors (Lipinski definition) is 8. The fourth-order valence-electron chi connectivity index (χ4n) is 4.62. The number of hydrogen-bond donors (Lipinski definition) is 1. The first kappa shape index (κ1) is 25.6. The summed E-state index contributed by atoms with van der Waals surface area (Å²) in [6.45, 7) is 2.47. The van der Waals surface area contributed by atoms with Gasteiger partial charge in [0.2, 0.25) is 11.8 Å². The summed E-state index contributed by atoms with van der Waals surface area (Å²) in [5.74, 6) is -1.90. The van der Waals surface area contributed by atoms with E-state index in [2.05, 4.69) is 15.0 Å². The van der Waals surface area contributed by atoms with E-state index in [1.54, 1.807) is 12.3 Å². The van der Waals surface area contributed by atoms with Crippen LogP contribution in [0.3, 0.4) is 0 Å². The van der Waals surface area contributed by atoms with Crippen molar-refractivity contribution in [3.8, 4) is 11.5 Å². The summed E-state index contributed by atoms with van der Waals surface area (Å²) in [4.78, 5) is 42.1. The number of ether oxygens (including phenoxy) is 2. The zero-order chi connectivity index (χ0) is 27.9. The van der Waals surface area contributed by atoms with Crippen LogP contribution in [-0.2, 0) is 14.3 Å². The van der Waals surface area contributed by atoms with Gasteiger partial charge in [-0.15, -0.1) is 0 Å². The summed E-state index contributed by atoms with van der Waals surface area (Å²) in [6, 6.07) is 10.6. The molecular formula is C28H24F2N6O4. The Bertz CT molecular complexity index is 1610. The van der Waals surface area contributed by atoms with Crippen LogP contribution in [0, 0.1) is 17.0 Å². The average molecular weight is 547 g/mol. The normalized spacial score (nSPS) is 16.0. The zero-order valence-corrected chi connectivity index (χ0v) is 21.2. The maximum absolute atomic E-state index is 15.5. The fourth-order valence-corrected chi connectivity index (χ4v) is 4.62. The molecule has 2 aliphatic rings. The van der Waals surface area contributed by atoms with Crippen LogP contribution in [0.25, 0.3) is 11.2 Å². The molecule has 0 spiro atoms. The maximum Gasteiger partial charge on any atom is 0.247 e. The van der Waals surface area contributed by atoms with Gasteiger partial charge in [-0.05, 0) is 49.2 Å². The highest BCUT2D eigenvalue weighted by atomic mass is 19.1. The highest BCUT2D eigenvalue weighted by Crippen LogP contribution is 2.49. The van der Waals surface area contributed by atoms with Gasteiger partial charge in [0.05, 0.1) is 25.1 Å². The van der Waals surface area contributed by atoms with Crippen molar-refractivity contribution in [2.45, 2.75) is 12.8 Å². The first-order valence-corrected chi connectivity index (χ1v) is 12.7. The van der Waals surface area contributed by atoms with Crippen LogP contribution in [0.5, 0.6) is 11.5 Å². The number of carbonyl (C=O) groups excluding carboxylic acids is 2. The van der Waals surface area contributed by atoms with Gasteiger partial charge in [0.25, 0.3) is 0 Å². The van der Waals surface area contributed by atoms with Crippen LogP contribution in [0.1, 0.15) is 12.8 Å². The summed E-state index contributed by atoms with van der Waals surface area (Å²) in [5, 5.41) is 0. The first-order chi connectivity index (χ1) is 19.4. The monoisotopic (exact) mass is 546 g/mol. The third-order valence-electron chi connectivity index (χ3n) is 7.04. The third kappa shape index (κ3) is 4.66. The summed E-state index contributed by atoms with van der Waals surface area (Å²) in [6.07, 6.45) is 3.68. The minimum atomic E-state index is -1.38. The number of amides is 2. The van der Waals surface area contributed by atoms with Gasteiger partial charge in [0.1, 0.15) is 17.1 Å². The minimum Gasteiger partial charge on any atom is -0.452 e. The maximum atomic E-state index is 15.5. The van der Waals surface area contributed by atoms with Gasteiger partial charge in [-0.3, -0.25) is 14.5 Å². The number of anilines is 3. The Kier molecular flexibility index (Phi) is 6.46. The van der Waals surface area contributed by atoms with Crippen molar-refractivity contribution < 1.29 is 27.8 Å². The molecule has 0 unspecified atom stereocenters. The number of nitrogens with two attached hydrogens (primary N) is 1. The highest BCUT2D eigenvalue weighted by Gasteiger charge is 2.57. The molecule has 40 heavy (non-hydrogen) atoms. The van der Waals surface area contributed by atoms with Crippen molar-refractivity contribution >= 4 is 40.2 Å². The Balaban J connectivity index is 1.33. The molecule has 2 amide bonds. The van der Waals surface area contributed by atoms with Gasteiger partial charge in [0, 0.05) is 37.1 Å². The number of carbonyl (C=O) groups is 2. The molecular weight excluding hydrogens is 522 g/mol. The van der Waals surface area contributed by atoms with Crippen molar-refractivity contribution in [3.63, 3.8) is 0 Å². The topological polar surface area (TPSA) is 124 Å². The molecule has 2 fully saturated rings. The quantitative estimate of drug-likeness (QED) is 0.347. The molecule has 1 saturated heterocycles. The second-order valence-electron chi connectivity index (χ2n) is 9.59. The number of nitrogens with zero attached hydrogens (tertiary/aromatic N) is 5. The molecule has 0 atom stereocenters. The number of rotatable bonds is 7. The molecule has 0 bridgehead atoms. The van der Waals surface area contributed by atoms with Crippen molar-refractivity contribution in [2.24, 2.45) is 11.1 Å². The number of aromatic nitrogens is 3. The van der Waals surface area contributed by atoms with E-state index >= 15 is 4.39 Å². The summed E-state index contributed by atoms with van der Waals surface area (Å²) in [5.41, 5.74) is 5.23. The third-order valence-corrected chi connectivity index (χ3v) is 7.04. The fraction of sp³-hybridized carbons (Fsp3) is 0.250. The van der Waals surface area contributed by atoms with Crippen LogP contribution < -0.4 is 20.3 Å². The lowest BCUT2D eigenvalue weighted by Crippen LogP contribution is -2.41. The van der Waals surface area contributed by atoms with Gasteiger partial charge >= 0.3 is 0 Å². The lowest BCUT2D eigenvalue weighted by Gasteiger charge is -2.27. The van der Waals surface area contributed by atoms with Gasteiger partial charge in [-0.2, -0.15) is 0 Å². The summed E-state index contributed by atoms with van der Waals surface area (Å²) in [7, 11) is 0. The molecule has 12 heteroatoms. The lowest BCUT2D eigenvalue weighted by molar-refractivity contribution is -0.133. The zero-order valence-electron chi connectivity index (χ0n) is 21.2. The SMILES string of the molecule is NC(=O)C1(C(=O)N(c2ccc(F)cc2)c2ccc(Oc3ccnc4ncc(N5CCOCC5)nc34)c(F)c2)CC1. The Labute approximate surface area is 227 Å². The largest absolute Gasteiger partial charge is 0.452 e. The Morgan fingerprint density at radius 3 is 2.38 bits per heavy atom. The average Bonchev–Trinajstić information content (AvgIpc) is 3.79. The molecule has 2 aromatic heterocycles. The molecule has 3 heterocycles. The first-order valence-electron chi connectivity index (χ1n) is 12.7. The van der Waals surface area contributed by atoms with Crippen molar-refractivity contribution in [3.05, 3.63) is 72.6 Å². The van der Waals surface area contributed by atoms with Crippen molar-refractivity contribution in [1.29, 1.82) is 0 Å². The molecule has 1 saturated carbocycles. The Morgan fingerprint density at radius 1 is 0.975 bits per heavy atom. The van der Waals surface area contributed by atoms with Crippen molar-refractivity contribution in [1.82, 2.24) is 15.0 Å². The second kappa shape index (κ2) is 10.1. The van der Waals surface area contributed by atoms with Crippen LogP contribution in [0.15, 0.2) is 60.9 Å². The van der Waals surface area contributed by atoms with E-state index < -0.39 is 28.9 Å². The molecule has 1 aliphatic carbocycles. The van der Waals surface area contributed by atoms with Gasteiger partial charge < -0.3 is 20.1 Å². The van der Waals surface area contributed by atoms with Gasteiger partial charge in [-0.25, -0.2) is 23.7 Å². The number of benzene rings is 2. The molecule has 2 N–H and O–H groups in total. The molecule has 10 nitrogen and oxygen atoms in total. The minimum absolute atomic E-state index is 0.127. The summed E-state index contributed by atoms with van der Waals surface area (Å²) >= 11 is 0. The number of halogens is 2. The molecule has 4 aromatic rings. The predicted molar refractivity (Wildman–Crippen MR) is 141 cm³/mol. The van der Waals surface area contributed by atoms with Gasteiger partial charge in [0.15, 0.2) is 28.5 Å². The number of pyridine rings is 1. The van der Waals surface area contributed by atoms with E-state index in [1.807, 2.05) is 4.90 Å². The molecule has 6 rings (SSSR count). The van der Waals surface area contributed by atoms with E-state index in [-0.39, 0.29) is 35.7 Å². The second-order valence-corrected chi connectivity index (χ2v) is 9.59. The van der Waals surface area contributed by atoms with E-state index in [4.69, 9.17) is 15.2 Å². The molecule has 1 aliphatic heterocycles. The van der Waals surface area contributed by atoms with E-state index in [9.17, 15) is 14.0 Å². The molecule has 204 valence electrons. The highest BCUT2D eigenvalue weighted by molar-refractivity contribution is 6.16. The lowest BCUT2D eigenvalue weighted by atomic mass is 10.0. The van der Waals surface area contributed by atoms with Gasteiger partial charge in [-0.1, -0.05) is 0 Å². The number of primary amides is 1. The number of fused-ring (bicyclic) bond motifs is 1. The Hall–Kier alpha value is -4.71. The van der Waals surface area contributed by atoms with E-state index in [1.165, 1.54) is 47.5 Å². The number of morpholine rings is 1. The standard InChI is InChI=1S/C28H24F2N6O4/c29-17-1-3-18(4-2-17)36(27(38)28(8-9-28)26(31)37)19-5-6-21(20(30)15-19)40-22-7-10-32-25-24(22)34-23(16-33-25)35-11-13-39-14-12-35/h1-7,10,15-16H,8-9,11-14H2,(H2,31,37). The van der Waals surface area contributed by atoms with Crippen LogP contribution in [0.4, 0.5) is 26.0 Å². The predicted octanol–water partition coefficient (Wildman–Crippen LogP) is 3.86. The van der Waals surface area contributed by atoms with E-state index in [0.717, 1.165) is 6.07 Å². The molecule has 0 radical (unpaired) electrons. The van der Waals surface area contributed by atoms with Crippen LogP contribution >= 0.6 is 0 Å². The Morgan fingerprint density at radius 2 is 1.70 bits per heavy atom.